The van der Waals surface area contributed by atoms with Gasteiger partial charge in [-0.05, 0) is 42.3 Å². The highest BCUT2D eigenvalue weighted by Crippen LogP contribution is 2.48. The lowest BCUT2D eigenvalue weighted by molar-refractivity contribution is 0.0555. The van der Waals surface area contributed by atoms with E-state index in [1.54, 1.807) is 19.2 Å². The van der Waals surface area contributed by atoms with E-state index in [0.717, 1.165) is 22.4 Å². The van der Waals surface area contributed by atoms with Crippen molar-refractivity contribution in [2.75, 3.05) is 20.3 Å². The van der Waals surface area contributed by atoms with Crippen molar-refractivity contribution in [3.05, 3.63) is 58.7 Å². The molecular formula is C23H22O6. The summed E-state index contributed by atoms with van der Waals surface area (Å²) in [7, 11) is 1.62. The predicted octanol–water partition coefficient (Wildman–Crippen LogP) is 2.98. The molecular weight excluding hydrogens is 372 g/mol. The van der Waals surface area contributed by atoms with Crippen LogP contribution >= 0.6 is 0 Å². The number of fused-ring (bicyclic) bond motifs is 6. The molecule has 0 spiro atoms. The Kier molecular flexibility index (Phi) is 4.06. The van der Waals surface area contributed by atoms with Gasteiger partial charge in [0, 0.05) is 17.5 Å². The second kappa shape index (κ2) is 6.52. The Balaban J connectivity index is 1.56. The minimum Gasteiger partial charge on any atom is -0.496 e. The fourth-order valence-corrected chi connectivity index (χ4v) is 4.42. The SMILES string of the molecule is C=C(CO)C1Cc2c(ccc3c2OC2COc4cc(C)c(OC)cc4C2C3=O)O1. The summed E-state index contributed by atoms with van der Waals surface area (Å²) in [5.41, 5.74) is 3.76. The molecule has 6 nitrogen and oxygen atoms in total. The van der Waals surface area contributed by atoms with E-state index in [9.17, 15) is 9.90 Å². The van der Waals surface area contributed by atoms with Crippen LogP contribution in [0.5, 0.6) is 23.0 Å². The highest BCUT2D eigenvalue weighted by atomic mass is 16.5. The highest BCUT2D eigenvalue weighted by molar-refractivity contribution is 6.06. The lowest BCUT2D eigenvalue weighted by atomic mass is 9.81. The third kappa shape index (κ3) is 2.63. The summed E-state index contributed by atoms with van der Waals surface area (Å²) in [5.74, 6) is 2.23. The van der Waals surface area contributed by atoms with Crippen molar-refractivity contribution in [2.24, 2.45) is 0 Å². The number of methoxy groups -OCH3 is 1. The summed E-state index contributed by atoms with van der Waals surface area (Å²) in [5, 5.41) is 9.37. The molecule has 0 radical (unpaired) electrons. The van der Waals surface area contributed by atoms with Crippen LogP contribution in [0.25, 0.3) is 0 Å². The molecule has 0 aromatic heterocycles. The number of benzene rings is 2. The standard InChI is InChI=1S/C23H22O6/c1-11-6-19-14(7-17(11)26-3)21-20(10-27-19)29-23-13(22(21)25)4-5-16-15(23)8-18(28-16)12(2)9-24/h4-7,18,20-21,24H,2,8-10H2,1,3H3. The maximum Gasteiger partial charge on any atom is 0.178 e. The van der Waals surface area contributed by atoms with Crippen molar-refractivity contribution in [3.8, 4) is 23.0 Å². The molecule has 0 amide bonds. The van der Waals surface area contributed by atoms with E-state index in [0.29, 0.717) is 41.4 Å². The van der Waals surface area contributed by atoms with Crippen LogP contribution in [0.2, 0.25) is 0 Å². The van der Waals surface area contributed by atoms with Gasteiger partial charge in [-0.3, -0.25) is 4.79 Å². The zero-order valence-corrected chi connectivity index (χ0v) is 16.4. The Morgan fingerprint density at radius 3 is 2.86 bits per heavy atom. The van der Waals surface area contributed by atoms with Gasteiger partial charge in [0.2, 0.25) is 0 Å². The summed E-state index contributed by atoms with van der Waals surface area (Å²) in [6, 6.07) is 7.36. The van der Waals surface area contributed by atoms with Crippen LogP contribution in [0.15, 0.2) is 36.4 Å². The van der Waals surface area contributed by atoms with Crippen LogP contribution < -0.4 is 18.9 Å². The largest absolute Gasteiger partial charge is 0.496 e. The van der Waals surface area contributed by atoms with Crippen molar-refractivity contribution >= 4 is 5.78 Å². The number of hydrogen-bond donors (Lipinski definition) is 1. The van der Waals surface area contributed by atoms with Gasteiger partial charge in [-0.1, -0.05) is 6.58 Å². The number of aliphatic hydroxyl groups is 1. The van der Waals surface area contributed by atoms with E-state index >= 15 is 0 Å². The second-order valence-electron chi connectivity index (χ2n) is 7.71. The van der Waals surface area contributed by atoms with E-state index < -0.39 is 12.0 Å². The molecule has 6 heteroatoms. The molecule has 0 fully saturated rings. The molecule has 3 atom stereocenters. The lowest BCUT2D eigenvalue weighted by Crippen LogP contribution is -2.43. The quantitative estimate of drug-likeness (QED) is 0.807. The Labute approximate surface area is 168 Å². The number of ether oxygens (including phenoxy) is 4. The van der Waals surface area contributed by atoms with E-state index in [1.807, 2.05) is 19.1 Å². The van der Waals surface area contributed by atoms with Gasteiger partial charge in [0.25, 0.3) is 0 Å². The van der Waals surface area contributed by atoms with E-state index in [1.165, 1.54) is 0 Å². The topological polar surface area (TPSA) is 74.2 Å². The van der Waals surface area contributed by atoms with Gasteiger partial charge < -0.3 is 24.1 Å². The van der Waals surface area contributed by atoms with Crippen LogP contribution in [-0.2, 0) is 6.42 Å². The Morgan fingerprint density at radius 1 is 1.28 bits per heavy atom. The van der Waals surface area contributed by atoms with Crippen LogP contribution in [-0.4, -0.2) is 43.4 Å². The normalized spacial score (nSPS) is 23.6. The number of hydrogen-bond acceptors (Lipinski definition) is 6. The van der Waals surface area contributed by atoms with E-state index in [-0.39, 0.29) is 18.5 Å². The first-order valence-electron chi connectivity index (χ1n) is 9.65. The molecule has 0 aliphatic carbocycles. The summed E-state index contributed by atoms with van der Waals surface area (Å²) < 4.78 is 23.6. The number of aliphatic hydroxyl groups excluding tert-OH is 1. The molecule has 0 saturated carbocycles. The van der Waals surface area contributed by atoms with E-state index in [4.69, 9.17) is 18.9 Å². The molecule has 5 rings (SSSR count). The number of Topliss-reactive ketones (excluding diaryl/α,β-unsaturated/α-hetero) is 1. The van der Waals surface area contributed by atoms with Gasteiger partial charge in [0.1, 0.15) is 41.8 Å². The third-order valence-electron chi connectivity index (χ3n) is 5.99. The van der Waals surface area contributed by atoms with Gasteiger partial charge in [-0.15, -0.1) is 0 Å². The molecule has 0 bridgehead atoms. The Hall–Kier alpha value is -2.99. The molecule has 150 valence electrons. The van der Waals surface area contributed by atoms with Gasteiger partial charge >= 0.3 is 0 Å². The number of carbonyl (C=O) groups is 1. The van der Waals surface area contributed by atoms with Gasteiger partial charge in [0.05, 0.1) is 25.2 Å². The van der Waals surface area contributed by atoms with Gasteiger partial charge in [-0.25, -0.2) is 0 Å². The Bertz CT molecular complexity index is 1040. The van der Waals surface area contributed by atoms with Crippen molar-refractivity contribution < 1.29 is 28.8 Å². The number of ketones is 1. The van der Waals surface area contributed by atoms with Crippen molar-refractivity contribution in [1.29, 1.82) is 0 Å². The van der Waals surface area contributed by atoms with Gasteiger partial charge in [-0.2, -0.15) is 0 Å². The molecule has 3 aliphatic rings. The smallest absolute Gasteiger partial charge is 0.178 e. The molecule has 3 unspecified atom stereocenters. The van der Waals surface area contributed by atoms with Crippen LogP contribution in [0.1, 0.15) is 33.0 Å². The zero-order valence-electron chi connectivity index (χ0n) is 16.4. The summed E-state index contributed by atoms with van der Waals surface area (Å²) in [4.78, 5) is 13.5. The first-order chi connectivity index (χ1) is 14.0. The first kappa shape index (κ1) is 18.1. The van der Waals surface area contributed by atoms with Crippen LogP contribution in [0.4, 0.5) is 0 Å². The summed E-state index contributed by atoms with van der Waals surface area (Å²) >= 11 is 0. The molecule has 29 heavy (non-hydrogen) atoms. The summed E-state index contributed by atoms with van der Waals surface area (Å²) in [6.45, 7) is 5.97. The molecule has 1 N–H and O–H groups in total. The zero-order chi connectivity index (χ0) is 20.3. The second-order valence-corrected chi connectivity index (χ2v) is 7.71. The maximum absolute atomic E-state index is 13.5. The average Bonchev–Trinajstić information content (AvgIpc) is 3.17. The molecule has 2 aromatic carbocycles. The van der Waals surface area contributed by atoms with Crippen LogP contribution in [0, 0.1) is 6.92 Å². The van der Waals surface area contributed by atoms with Crippen molar-refractivity contribution in [1.82, 2.24) is 0 Å². The minimum atomic E-state index is -0.440. The highest BCUT2D eigenvalue weighted by Gasteiger charge is 2.45. The molecule has 3 heterocycles. The molecule has 0 saturated heterocycles. The van der Waals surface area contributed by atoms with Gasteiger partial charge in [0.15, 0.2) is 5.78 Å². The fraction of sp³-hybridized carbons (Fsp3) is 0.348. The third-order valence-corrected chi connectivity index (χ3v) is 5.99. The first-order valence-corrected chi connectivity index (χ1v) is 9.65. The maximum atomic E-state index is 13.5. The fourth-order valence-electron chi connectivity index (χ4n) is 4.42. The predicted molar refractivity (Wildman–Crippen MR) is 106 cm³/mol. The number of carbonyl (C=O) groups excluding carboxylic acids is 1. The van der Waals surface area contributed by atoms with E-state index in [2.05, 4.69) is 6.58 Å². The monoisotopic (exact) mass is 394 g/mol. The number of aryl methyl sites for hydroxylation is 1. The van der Waals surface area contributed by atoms with Crippen molar-refractivity contribution in [2.45, 2.75) is 31.5 Å². The van der Waals surface area contributed by atoms with Crippen LogP contribution in [0.3, 0.4) is 0 Å². The molecule has 3 aliphatic heterocycles. The Morgan fingerprint density at radius 2 is 2.10 bits per heavy atom. The average molecular weight is 394 g/mol. The molecule has 2 aromatic rings. The minimum absolute atomic E-state index is 0.0129. The summed E-state index contributed by atoms with van der Waals surface area (Å²) in [6.07, 6.45) is -0.206. The van der Waals surface area contributed by atoms with Crippen molar-refractivity contribution in [3.63, 3.8) is 0 Å². The lowest BCUT2D eigenvalue weighted by Gasteiger charge is -2.37. The number of rotatable bonds is 3.